The summed E-state index contributed by atoms with van der Waals surface area (Å²) in [5, 5.41) is 14.7. The van der Waals surface area contributed by atoms with E-state index in [-0.39, 0.29) is 42.2 Å². The van der Waals surface area contributed by atoms with Gasteiger partial charge in [-0.05, 0) is 29.5 Å². The maximum Gasteiger partial charge on any atom is 0.251 e. The number of hydrogen-bond donors (Lipinski definition) is 3. The predicted octanol–water partition coefficient (Wildman–Crippen LogP) is 2.16. The molecule has 0 bridgehead atoms. The molecule has 0 aliphatic heterocycles. The van der Waals surface area contributed by atoms with Gasteiger partial charge in [-0.2, -0.15) is 0 Å². The van der Waals surface area contributed by atoms with E-state index in [1.54, 1.807) is 0 Å². The zero-order valence-corrected chi connectivity index (χ0v) is 15.2. The first kappa shape index (κ1) is 19.2. The Morgan fingerprint density at radius 2 is 1.84 bits per heavy atom. The average molecular weight is 344 g/mol. The standard InChI is InChI=1S/C20H28N2O3/c1-20(2,3)16-7-5-15(6-8-16)19(25)21-11-10-18(24)22-17-9-4-14(12-17)13-23/h4-9,14,17,23H,10-13H2,1-3H3,(H,21,25)(H,22,24)/t14-,17+/m0/s1. The van der Waals surface area contributed by atoms with Crippen LogP contribution in [-0.2, 0) is 10.2 Å². The van der Waals surface area contributed by atoms with E-state index in [0.29, 0.717) is 12.1 Å². The molecule has 1 aliphatic carbocycles. The van der Waals surface area contributed by atoms with Crippen LogP contribution in [0.5, 0.6) is 0 Å². The van der Waals surface area contributed by atoms with E-state index in [1.165, 1.54) is 5.56 Å². The SMILES string of the molecule is CC(C)(C)c1ccc(C(=O)NCCC(=O)N[C@@H]2C=C[C@H](CO)C2)cc1. The first-order chi connectivity index (χ1) is 11.8. The molecule has 136 valence electrons. The Morgan fingerprint density at radius 3 is 2.40 bits per heavy atom. The normalized spacial score (nSPS) is 19.7. The molecule has 0 saturated heterocycles. The summed E-state index contributed by atoms with van der Waals surface area (Å²) in [4.78, 5) is 24.0. The van der Waals surface area contributed by atoms with Crippen molar-refractivity contribution in [2.45, 2.75) is 45.1 Å². The van der Waals surface area contributed by atoms with Gasteiger partial charge in [0, 0.05) is 37.1 Å². The van der Waals surface area contributed by atoms with Crippen molar-refractivity contribution in [2.24, 2.45) is 5.92 Å². The second-order valence-electron chi connectivity index (χ2n) is 7.57. The summed E-state index contributed by atoms with van der Waals surface area (Å²) >= 11 is 0. The first-order valence-electron chi connectivity index (χ1n) is 8.77. The van der Waals surface area contributed by atoms with E-state index >= 15 is 0 Å². The molecule has 2 atom stereocenters. The van der Waals surface area contributed by atoms with Gasteiger partial charge in [0.05, 0.1) is 0 Å². The summed E-state index contributed by atoms with van der Waals surface area (Å²) in [5.41, 5.74) is 1.82. The predicted molar refractivity (Wildman–Crippen MR) is 98.4 cm³/mol. The van der Waals surface area contributed by atoms with Crippen LogP contribution in [-0.4, -0.2) is 36.1 Å². The number of benzene rings is 1. The Hall–Kier alpha value is -2.14. The van der Waals surface area contributed by atoms with E-state index in [0.717, 1.165) is 6.42 Å². The van der Waals surface area contributed by atoms with Crippen molar-refractivity contribution < 1.29 is 14.7 Å². The lowest BCUT2D eigenvalue weighted by Crippen LogP contribution is -2.35. The molecule has 5 nitrogen and oxygen atoms in total. The van der Waals surface area contributed by atoms with E-state index in [4.69, 9.17) is 5.11 Å². The third-order valence-electron chi connectivity index (χ3n) is 4.40. The quantitative estimate of drug-likeness (QED) is 0.692. The number of rotatable bonds is 6. The number of carbonyl (C=O) groups excluding carboxylic acids is 2. The summed E-state index contributed by atoms with van der Waals surface area (Å²) in [7, 11) is 0. The molecule has 25 heavy (non-hydrogen) atoms. The van der Waals surface area contributed by atoms with Gasteiger partial charge in [-0.25, -0.2) is 0 Å². The Labute approximate surface area is 149 Å². The summed E-state index contributed by atoms with van der Waals surface area (Å²) in [6, 6.07) is 7.53. The van der Waals surface area contributed by atoms with Crippen molar-refractivity contribution in [3.63, 3.8) is 0 Å². The van der Waals surface area contributed by atoms with E-state index in [1.807, 2.05) is 36.4 Å². The van der Waals surface area contributed by atoms with E-state index in [9.17, 15) is 9.59 Å². The second-order valence-corrected chi connectivity index (χ2v) is 7.57. The minimum atomic E-state index is -0.172. The van der Waals surface area contributed by atoms with Crippen molar-refractivity contribution in [2.75, 3.05) is 13.2 Å². The number of aliphatic hydroxyl groups is 1. The molecule has 3 N–H and O–H groups in total. The van der Waals surface area contributed by atoms with Gasteiger partial charge in [-0.1, -0.05) is 45.1 Å². The van der Waals surface area contributed by atoms with Gasteiger partial charge < -0.3 is 15.7 Å². The van der Waals surface area contributed by atoms with Gasteiger partial charge in [0.2, 0.25) is 5.91 Å². The zero-order chi connectivity index (χ0) is 18.4. The van der Waals surface area contributed by atoms with Crippen molar-refractivity contribution in [3.8, 4) is 0 Å². The Bertz CT molecular complexity index is 629. The smallest absolute Gasteiger partial charge is 0.251 e. The van der Waals surface area contributed by atoms with Gasteiger partial charge in [0.15, 0.2) is 0 Å². The molecule has 5 heteroatoms. The zero-order valence-electron chi connectivity index (χ0n) is 15.2. The van der Waals surface area contributed by atoms with E-state index < -0.39 is 0 Å². The molecule has 0 heterocycles. The van der Waals surface area contributed by atoms with Crippen LogP contribution >= 0.6 is 0 Å². The molecule has 0 fully saturated rings. The van der Waals surface area contributed by atoms with Crippen molar-refractivity contribution in [1.29, 1.82) is 0 Å². The van der Waals surface area contributed by atoms with Crippen molar-refractivity contribution >= 4 is 11.8 Å². The molecular weight excluding hydrogens is 316 g/mol. The third kappa shape index (κ3) is 5.71. The van der Waals surface area contributed by atoms with Gasteiger partial charge in [0.1, 0.15) is 0 Å². The lowest BCUT2D eigenvalue weighted by atomic mass is 9.87. The number of carbonyl (C=O) groups is 2. The highest BCUT2D eigenvalue weighted by Crippen LogP contribution is 2.22. The number of amides is 2. The molecule has 0 aromatic heterocycles. The molecule has 1 aromatic carbocycles. The monoisotopic (exact) mass is 344 g/mol. The maximum absolute atomic E-state index is 12.1. The van der Waals surface area contributed by atoms with Crippen LogP contribution in [0.25, 0.3) is 0 Å². The van der Waals surface area contributed by atoms with Crippen LogP contribution < -0.4 is 10.6 Å². The molecule has 2 amide bonds. The Balaban J connectivity index is 1.73. The highest BCUT2D eigenvalue weighted by molar-refractivity contribution is 5.94. The molecule has 0 spiro atoms. The first-order valence-corrected chi connectivity index (χ1v) is 8.77. The van der Waals surface area contributed by atoms with Crippen LogP contribution in [0, 0.1) is 5.92 Å². The Morgan fingerprint density at radius 1 is 1.16 bits per heavy atom. The average Bonchev–Trinajstić information content (AvgIpc) is 3.01. The lowest BCUT2D eigenvalue weighted by Gasteiger charge is -2.19. The van der Waals surface area contributed by atoms with Crippen molar-refractivity contribution in [3.05, 3.63) is 47.5 Å². The third-order valence-corrected chi connectivity index (χ3v) is 4.40. The highest BCUT2D eigenvalue weighted by Gasteiger charge is 2.19. The minimum Gasteiger partial charge on any atom is -0.396 e. The second kappa shape index (κ2) is 8.30. The molecular formula is C20H28N2O3. The molecule has 0 radical (unpaired) electrons. The summed E-state index contributed by atoms with van der Waals surface area (Å²) < 4.78 is 0. The van der Waals surface area contributed by atoms with Gasteiger partial charge in [0.25, 0.3) is 5.91 Å². The van der Waals surface area contributed by atoms with Crippen molar-refractivity contribution in [1.82, 2.24) is 10.6 Å². The lowest BCUT2D eigenvalue weighted by molar-refractivity contribution is -0.121. The van der Waals surface area contributed by atoms with Crippen LogP contribution in [0.2, 0.25) is 0 Å². The molecule has 0 saturated carbocycles. The van der Waals surface area contributed by atoms with E-state index in [2.05, 4.69) is 31.4 Å². The largest absolute Gasteiger partial charge is 0.396 e. The van der Waals surface area contributed by atoms with Crippen LogP contribution in [0.3, 0.4) is 0 Å². The van der Waals surface area contributed by atoms with Gasteiger partial charge in [-0.15, -0.1) is 0 Å². The molecule has 0 unspecified atom stereocenters. The summed E-state index contributed by atoms with van der Waals surface area (Å²) in [6.45, 7) is 6.79. The topological polar surface area (TPSA) is 78.4 Å². The highest BCUT2D eigenvalue weighted by atomic mass is 16.3. The number of nitrogens with one attached hydrogen (secondary N) is 2. The van der Waals surface area contributed by atoms with Crippen LogP contribution in [0.4, 0.5) is 0 Å². The summed E-state index contributed by atoms with van der Waals surface area (Å²) in [5.74, 6) is -0.146. The number of aliphatic hydroxyl groups excluding tert-OH is 1. The minimum absolute atomic E-state index is 0.0229. The van der Waals surface area contributed by atoms with Crippen LogP contribution in [0.15, 0.2) is 36.4 Å². The Kier molecular flexibility index (Phi) is 6.37. The van der Waals surface area contributed by atoms with Gasteiger partial charge in [-0.3, -0.25) is 9.59 Å². The van der Waals surface area contributed by atoms with Gasteiger partial charge >= 0.3 is 0 Å². The molecule has 2 rings (SSSR count). The fourth-order valence-electron chi connectivity index (χ4n) is 2.81. The van der Waals surface area contributed by atoms with Crippen LogP contribution in [0.1, 0.15) is 49.5 Å². The number of hydrogen-bond acceptors (Lipinski definition) is 3. The fraction of sp³-hybridized carbons (Fsp3) is 0.500. The summed E-state index contributed by atoms with van der Waals surface area (Å²) in [6.07, 6.45) is 4.80. The molecule has 1 aliphatic rings. The molecule has 1 aromatic rings. The fourth-order valence-corrected chi connectivity index (χ4v) is 2.81. The maximum atomic E-state index is 12.1.